The van der Waals surface area contributed by atoms with Gasteiger partial charge in [0.15, 0.2) is 0 Å². The van der Waals surface area contributed by atoms with Gasteiger partial charge in [0.2, 0.25) is 5.91 Å². The van der Waals surface area contributed by atoms with Gasteiger partial charge in [-0.25, -0.2) is 0 Å². The van der Waals surface area contributed by atoms with Crippen molar-refractivity contribution in [1.82, 2.24) is 9.47 Å². The van der Waals surface area contributed by atoms with Gasteiger partial charge in [0.05, 0.1) is 25.7 Å². The van der Waals surface area contributed by atoms with Crippen molar-refractivity contribution >= 4 is 5.91 Å². The molecule has 1 amide bonds. The van der Waals surface area contributed by atoms with Gasteiger partial charge in [-0.1, -0.05) is 24.3 Å². The lowest BCUT2D eigenvalue weighted by Crippen LogP contribution is -2.41. The van der Waals surface area contributed by atoms with Gasteiger partial charge in [-0.15, -0.1) is 0 Å². The Morgan fingerprint density at radius 2 is 1.82 bits per heavy atom. The van der Waals surface area contributed by atoms with Crippen molar-refractivity contribution in [2.75, 3.05) is 26.3 Å². The summed E-state index contributed by atoms with van der Waals surface area (Å²) in [6, 6.07) is 12.4. The van der Waals surface area contributed by atoms with Crippen LogP contribution >= 0.6 is 0 Å². The van der Waals surface area contributed by atoms with Crippen molar-refractivity contribution in [2.24, 2.45) is 0 Å². The molecule has 4 heteroatoms. The number of ether oxygens (including phenoxy) is 1. The number of aryl methyl sites for hydroxylation is 1. The minimum atomic E-state index is 0.0477. The van der Waals surface area contributed by atoms with E-state index in [-0.39, 0.29) is 11.9 Å². The summed E-state index contributed by atoms with van der Waals surface area (Å²) >= 11 is 0. The summed E-state index contributed by atoms with van der Waals surface area (Å²) < 4.78 is 7.46. The monoisotopic (exact) mass is 298 g/mol. The van der Waals surface area contributed by atoms with Crippen molar-refractivity contribution in [1.29, 1.82) is 0 Å². The number of benzene rings is 1. The van der Waals surface area contributed by atoms with E-state index < -0.39 is 0 Å². The molecule has 2 aromatic rings. The normalized spacial score (nSPS) is 16.5. The Kier molecular flexibility index (Phi) is 4.59. The molecule has 1 aromatic carbocycles. The fourth-order valence-electron chi connectivity index (χ4n) is 3.00. The second-order valence-corrected chi connectivity index (χ2v) is 5.70. The standard InChI is InChI=1S/C18H22N2O2/c1-15-6-2-3-7-16(15)17(19-8-4-5-9-19)14-18(21)20-10-12-22-13-11-20/h2-9,17H,10-14H2,1H3/t17-/m0/s1. The highest BCUT2D eigenvalue weighted by atomic mass is 16.5. The number of carbonyl (C=O) groups is 1. The maximum atomic E-state index is 12.6. The minimum Gasteiger partial charge on any atom is -0.378 e. The molecule has 4 nitrogen and oxygen atoms in total. The Bertz CT molecular complexity index is 616. The predicted octanol–water partition coefficient (Wildman–Crippen LogP) is 2.63. The lowest BCUT2D eigenvalue weighted by molar-refractivity contribution is -0.135. The van der Waals surface area contributed by atoms with E-state index in [1.807, 2.05) is 41.6 Å². The molecular weight excluding hydrogens is 276 g/mol. The van der Waals surface area contributed by atoms with Crippen LogP contribution in [0, 0.1) is 6.92 Å². The fraction of sp³-hybridized carbons (Fsp3) is 0.389. The molecule has 1 aliphatic heterocycles. The second-order valence-electron chi connectivity index (χ2n) is 5.70. The smallest absolute Gasteiger partial charge is 0.225 e. The first-order valence-electron chi connectivity index (χ1n) is 7.79. The highest BCUT2D eigenvalue weighted by molar-refractivity contribution is 5.77. The highest BCUT2D eigenvalue weighted by Gasteiger charge is 2.23. The average molecular weight is 298 g/mol. The zero-order chi connectivity index (χ0) is 15.4. The predicted molar refractivity (Wildman–Crippen MR) is 85.8 cm³/mol. The molecule has 1 fully saturated rings. The van der Waals surface area contributed by atoms with E-state index in [0.717, 1.165) is 0 Å². The van der Waals surface area contributed by atoms with E-state index >= 15 is 0 Å². The van der Waals surface area contributed by atoms with Gasteiger partial charge in [-0.05, 0) is 30.2 Å². The SMILES string of the molecule is Cc1ccccc1[C@H](CC(=O)N1CCOCC1)n1cccc1. The molecule has 0 spiro atoms. The van der Waals surface area contributed by atoms with Gasteiger partial charge in [-0.3, -0.25) is 4.79 Å². The third kappa shape index (κ3) is 3.22. The number of amides is 1. The van der Waals surface area contributed by atoms with Gasteiger partial charge in [-0.2, -0.15) is 0 Å². The Morgan fingerprint density at radius 3 is 2.50 bits per heavy atom. The lowest BCUT2D eigenvalue weighted by atomic mass is 9.98. The maximum Gasteiger partial charge on any atom is 0.225 e. The minimum absolute atomic E-state index is 0.0477. The molecule has 1 aliphatic rings. The summed E-state index contributed by atoms with van der Waals surface area (Å²) in [7, 11) is 0. The molecule has 0 saturated carbocycles. The summed E-state index contributed by atoms with van der Waals surface area (Å²) in [6.45, 7) is 4.79. The van der Waals surface area contributed by atoms with Gasteiger partial charge < -0.3 is 14.2 Å². The first kappa shape index (κ1) is 14.9. The lowest BCUT2D eigenvalue weighted by Gasteiger charge is -2.29. The van der Waals surface area contributed by atoms with Gasteiger partial charge >= 0.3 is 0 Å². The van der Waals surface area contributed by atoms with Crippen molar-refractivity contribution in [3.8, 4) is 0 Å². The molecule has 1 aromatic heterocycles. The quantitative estimate of drug-likeness (QED) is 0.869. The van der Waals surface area contributed by atoms with Crippen LogP contribution in [0.5, 0.6) is 0 Å². The number of aromatic nitrogens is 1. The zero-order valence-electron chi connectivity index (χ0n) is 12.9. The number of carbonyl (C=O) groups excluding carboxylic acids is 1. The van der Waals surface area contributed by atoms with E-state index in [2.05, 4.69) is 23.6 Å². The summed E-state index contributed by atoms with van der Waals surface area (Å²) in [5.74, 6) is 0.199. The third-order valence-corrected chi connectivity index (χ3v) is 4.27. The number of hydrogen-bond acceptors (Lipinski definition) is 2. The van der Waals surface area contributed by atoms with Crippen LogP contribution in [0.4, 0.5) is 0 Å². The van der Waals surface area contributed by atoms with Crippen molar-refractivity contribution in [2.45, 2.75) is 19.4 Å². The van der Waals surface area contributed by atoms with E-state index in [9.17, 15) is 4.79 Å². The molecule has 1 atom stereocenters. The van der Waals surface area contributed by atoms with E-state index in [4.69, 9.17) is 4.74 Å². The molecule has 0 N–H and O–H groups in total. The van der Waals surface area contributed by atoms with Crippen LogP contribution in [0.1, 0.15) is 23.6 Å². The van der Waals surface area contributed by atoms with E-state index in [1.54, 1.807) is 0 Å². The number of rotatable bonds is 4. The molecule has 0 bridgehead atoms. The second kappa shape index (κ2) is 6.79. The van der Waals surface area contributed by atoms with Crippen LogP contribution in [-0.2, 0) is 9.53 Å². The van der Waals surface area contributed by atoms with Gasteiger partial charge in [0.1, 0.15) is 0 Å². The Morgan fingerprint density at radius 1 is 1.14 bits per heavy atom. The van der Waals surface area contributed by atoms with Crippen LogP contribution < -0.4 is 0 Å². The van der Waals surface area contributed by atoms with E-state index in [0.29, 0.717) is 32.7 Å². The molecule has 0 radical (unpaired) electrons. The Labute approximate surface area is 131 Å². The van der Waals surface area contributed by atoms with Crippen LogP contribution in [-0.4, -0.2) is 41.7 Å². The van der Waals surface area contributed by atoms with Crippen LogP contribution in [0.2, 0.25) is 0 Å². The summed E-state index contributed by atoms with van der Waals surface area (Å²) in [5.41, 5.74) is 2.43. The van der Waals surface area contributed by atoms with Crippen LogP contribution in [0.25, 0.3) is 0 Å². The number of hydrogen-bond donors (Lipinski definition) is 0. The first-order valence-corrected chi connectivity index (χ1v) is 7.79. The third-order valence-electron chi connectivity index (χ3n) is 4.27. The summed E-state index contributed by atoms with van der Waals surface area (Å²) in [4.78, 5) is 14.6. The topological polar surface area (TPSA) is 34.5 Å². The zero-order valence-corrected chi connectivity index (χ0v) is 12.9. The molecule has 0 aliphatic carbocycles. The van der Waals surface area contributed by atoms with Crippen LogP contribution in [0.3, 0.4) is 0 Å². The number of nitrogens with zero attached hydrogens (tertiary/aromatic N) is 2. The van der Waals surface area contributed by atoms with Gasteiger partial charge in [0, 0.05) is 25.5 Å². The van der Waals surface area contributed by atoms with Crippen LogP contribution in [0.15, 0.2) is 48.8 Å². The summed E-state index contributed by atoms with van der Waals surface area (Å²) in [5, 5.41) is 0. The number of morpholine rings is 1. The molecule has 116 valence electrons. The Hall–Kier alpha value is -2.07. The Balaban J connectivity index is 1.83. The van der Waals surface area contributed by atoms with Crippen molar-refractivity contribution in [3.05, 3.63) is 59.9 Å². The molecule has 3 rings (SSSR count). The molecule has 0 unspecified atom stereocenters. The first-order chi connectivity index (χ1) is 10.8. The average Bonchev–Trinajstić information content (AvgIpc) is 3.08. The van der Waals surface area contributed by atoms with E-state index in [1.165, 1.54) is 11.1 Å². The van der Waals surface area contributed by atoms with Crippen molar-refractivity contribution in [3.63, 3.8) is 0 Å². The molecule has 2 heterocycles. The molecule has 1 saturated heterocycles. The fourth-order valence-corrected chi connectivity index (χ4v) is 3.00. The highest BCUT2D eigenvalue weighted by Crippen LogP contribution is 2.26. The largest absolute Gasteiger partial charge is 0.378 e. The van der Waals surface area contributed by atoms with Gasteiger partial charge in [0.25, 0.3) is 0 Å². The summed E-state index contributed by atoms with van der Waals surface area (Å²) in [6.07, 6.45) is 4.55. The molecule has 22 heavy (non-hydrogen) atoms. The maximum absolute atomic E-state index is 12.6. The van der Waals surface area contributed by atoms with Crippen molar-refractivity contribution < 1.29 is 9.53 Å². The molecular formula is C18H22N2O2.